The highest BCUT2D eigenvalue weighted by Crippen LogP contribution is 2.24. The Labute approximate surface area is 182 Å². The van der Waals surface area contributed by atoms with E-state index < -0.39 is 15.9 Å². The fourth-order valence-corrected chi connectivity index (χ4v) is 4.11. The van der Waals surface area contributed by atoms with E-state index in [0.717, 1.165) is 43.6 Å². The number of carbonyl (C=O) groups excluding carboxylic acids is 2. The number of pyridine rings is 1. The number of nitrogens with one attached hydrogen (secondary N) is 3. The Morgan fingerprint density at radius 3 is 2.55 bits per heavy atom. The second kappa shape index (κ2) is 9.78. The lowest BCUT2D eigenvalue weighted by atomic mass is 10.1. The fraction of sp³-hybridized carbons (Fsp3) is 0.381. The van der Waals surface area contributed by atoms with Gasteiger partial charge in [0, 0.05) is 44.0 Å². The van der Waals surface area contributed by atoms with Crippen molar-refractivity contribution in [3.8, 4) is 0 Å². The Bertz CT molecular complexity index is 1070. The minimum Gasteiger partial charge on any atom is -0.356 e. The minimum atomic E-state index is -3.59. The highest BCUT2D eigenvalue weighted by atomic mass is 32.2. The Morgan fingerprint density at radius 1 is 1.13 bits per heavy atom. The van der Waals surface area contributed by atoms with Crippen molar-refractivity contribution in [1.82, 2.24) is 10.3 Å². The van der Waals surface area contributed by atoms with Crippen LogP contribution in [0.3, 0.4) is 0 Å². The van der Waals surface area contributed by atoms with Crippen LogP contribution in [0.4, 0.5) is 17.2 Å². The second-order valence-electron chi connectivity index (χ2n) is 7.53. The summed E-state index contributed by atoms with van der Waals surface area (Å²) in [5, 5.41) is 5.45. The van der Waals surface area contributed by atoms with Gasteiger partial charge < -0.3 is 15.5 Å². The van der Waals surface area contributed by atoms with Gasteiger partial charge in [-0.25, -0.2) is 13.4 Å². The maximum atomic E-state index is 13.0. The second-order valence-corrected chi connectivity index (χ2v) is 9.28. The molecule has 1 saturated heterocycles. The van der Waals surface area contributed by atoms with Gasteiger partial charge in [0.05, 0.1) is 17.5 Å². The number of amides is 2. The summed E-state index contributed by atoms with van der Waals surface area (Å²) in [5.41, 5.74) is 1.53. The van der Waals surface area contributed by atoms with Gasteiger partial charge in [-0.3, -0.25) is 14.3 Å². The molecule has 3 N–H and O–H groups in total. The summed E-state index contributed by atoms with van der Waals surface area (Å²) in [7, 11) is -3.59. The normalized spacial score (nSPS) is 14.1. The van der Waals surface area contributed by atoms with Crippen molar-refractivity contribution in [1.29, 1.82) is 0 Å². The third kappa shape index (κ3) is 6.42. The van der Waals surface area contributed by atoms with Gasteiger partial charge in [0.1, 0.15) is 5.82 Å². The number of carbonyl (C=O) groups is 2. The quantitative estimate of drug-likeness (QED) is 0.602. The Kier molecular flexibility index (Phi) is 7.11. The minimum absolute atomic E-state index is 0.111. The molecule has 166 valence electrons. The summed E-state index contributed by atoms with van der Waals surface area (Å²) in [6.45, 7) is 3.45. The van der Waals surface area contributed by atoms with Crippen LogP contribution >= 0.6 is 0 Å². The zero-order valence-corrected chi connectivity index (χ0v) is 18.5. The van der Waals surface area contributed by atoms with Crippen LogP contribution in [-0.4, -0.2) is 44.6 Å². The molecular formula is C21H27N5O4S. The van der Waals surface area contributed by atoms with Gasteiger partial charge in [0.15, 0.2) is 0 Å². The molecule has 0 radical (unpaired) electrons. The van der Waals surface area contributed by atoms with Crippen LogP contribution in [0.15, 0.2) is 36.5 Å². The van der Waals surface area contributed by atoms with Crippen molar-refractivity contribution in [3.05, 3.63) is 47.7 Å². The van der Waals surface area contributed by atoms with E-state index in [1.807, 2.05) is 12.1 Å². The topological polar surface area (TPSA) is 120 Å². The van der Waals surface area contributed by atoms with Gasteiger partial charge in [-0.05, 0) is 43.5 Å². The molecule has 9 nitrogen and oxygen atoms in total. The van der Waals surface area contributed by atoms with E-state index >= 15 is 0 Å². The summed E-state index contributed by atoms with van der Waals surface area (Å²) in [4.78, 5) is 31.1. The lowest BCUT2D eigenvalue weighted by molar-refractivity contribution is -0.114. The third-order valence-corrected chi connectivity index (χ3v) is 5.43. The number of rotatable bonds is 7. The number of aromatic nitrogens is 1. The molecule has 2 aromatic rings. The van der Waals surface area contributed by atoms with E-state index in [0.29, 0.717) is 5.69 Å². The Morgan fingerprint density at radius 2 is 1.87 bits per heavy atom. The average molecular weight is 446 g/mol. The molecule has 3 rings (SSSR count). The zero-order valence-electron chi connectivity index (χ0n) is 17.6. The number of anilines is 3. The maximum Gasteiger partial charge on any atom is 0.253 e. The number of piperidine rings is 1. The highest BCUT2D eigenvalue weighted by Gasteiger charge is 2.18. The van der Waals surface area contributed by atoms with Gasteiger partial charge in [-0.1, -0.05) is 6.07 Å². The predicted molar refractivity (Wildman–Crippen MR) is 121 cm³/mol. The van der Waals surface area contributed by atoms with Crippen molar-refractivity contribution in [3.63, 3.8) is 0 Å². The van der Waals surface area contributed by atoms with Crippen molar-refractivity contribution in [2.24, 2.45) is 0 Å². The van der Waals surface area contributed by atoms with Gasteiger partial charge in [0.2, 0.25) is 15.9 Å². The molecule has 0 aliphatic carbocycles. The van der Waals surface area contributed by atoms with E-state index in [-0.39, 0.29) is 23.7 Å². The van der Waals surface area contributed by atoms with E-state index in [1.165, 1.54) is 31.5 Å². The Hall–Kier alpha value is -3.14. The van der Waals surface area contributed by atoms with Crippen LogP contribution in [0.1, 0.15) is 42.1 Å². The molecule has 1 aromatic heterocycles. The summed E-state index contributed by atoms with van der Waals surface area (Å²) < 4.78 is 25.8. The van der Waals surface area contributed by atoms with Gasteiger partial charge in [-0.15, -0.1) is 0 Å². The van der Waals surface area contributed by atoms with Crippen molar-refractivity contribution < 1.29 is 18.0 Å². The van der Waals surface area contributed by atoms with Crippen LogP contribution < -0.4 is 20.3 Å². The summed E-state index contributed by atoms with van der Waals surface area (Å²) >= 11 is 0. The van der Waals surface area contributed by atoms with Crippen LogP contribution in [-0.2, 0) is 21.4 Å². The van der Waals surface area contributed by atoms with Crippen molar-refractivity contribution in [2.75, 3.05) is 34.3 Å². The molecule has 1 aliphatic rings. The van der Waals surface area contributed by atoms with E-state index in [2.05, 4.69) is 25.2 Å². The average Bonchev–Trinajstić information content (AvgIpc) is 2.72. The molecule has 0 spiro atoms. The van der Waals surface area contributed by atoms with Gasteiger partial charge in [-0.2, -0.15) is 0 Å². The standard InChI is InChI=1S/C21H27N5O4S/c1-15(27)24-17-8-9-19(25-31(2,29)30)18(13-17)21(28)23-14-16-7-6-10-22-20(16)26-11-4-3-5-12-26/h6-10,13,25H,3-5,11-12,14H2,1-2H3,(H,23,28)(H,24,27). The monoisotopic (exact) mass is 445 g/mol. The lowest BCUT2D eigenvalue weighted by Crippen LogP contribution is -2.32. The van der Waals surface area contributed by atoms with E-state index in [9.17, 15) is 18.0 Å². The van der Waals surface area contributed by atoms with Crippen LogP contribution in [0.25, 0.3) is 0 Å². The van der Waals surface area contributed by atoms with Crippen LogP contribution in [0.5, 0.6) is 0 Å². The van der Waals surface area contributed by atoms with E-state index in [4.69, 9.17) is 0 Å². The SMILES string of the molecule is CC(=O)Nc1ccc(NS(C)(=O)=O)c(C(=O)NCc2cccnc2N2CCCCC2)c1. The molecule has 0 unspecified atom stereocenters. The molecule has 0 bridgehead atoms. The molecule has 1 aromatic carbocycles. The largest absolute Gasteiger partial charge is 0.356 e. The lowest BCUT2D eigenvalue weighted by Gasteiger charge is -2.29. The molecule has 10 heteroatoms. The van der Waals surface area contributed by atoms with Crippen molar-refractivity contribution >= 4 is 39.0 Å². The summed E-state index contributed by atoms with van der Waals surface area (Å²) in [6.07, 6.45) is 6.17. The molecule has 2 amide bonds. The first-order chi connectivity index (χ1) is 14.7. The predicted octanol–water partition coefficient (Wildman–Crippen LogP) is 2.33. The first-order valence-corrected chi connectivity index (χ1v) is 12.0. The Balaban J connectivity index is 1.82. The van der Waals surface area contributed by atoms with Crippen LogP contribution in [0, 0.1) is 0 Å². The smallest absolute Gasteiger partial charge is 0.253 e. The zero-order chi connectivity index (χ0) is 22.4. The number of benzene rings is 1. The molecule has 0 atom stereocenters. The fourth-order valence-electron chi connectivity index (χ4n) is 3.53. The van der Waals surface area contributed by atoms with Crippen molar-refractivity contribution in [2.45, 2.75) is 32.7 Å². The molecule has 1 aliphatic heterocycles. The molecule has 31 heavy (non-hydrogen) atoms. The maximum absolute atomic E-state index is 13.0. The van der Waals surface area contributed by atoms with Gasteiger partial charge >= 0.3 is 0 Å². The van der Waals surface area contributed by atoms with E-state index in [1.54, 1.807) is 6.20 Å². The number of nitrogens with zero attached hydrogens (tertiary/aromatic N) is 2. The first kappa shape index (κ1) is 22.5. The third-order valence-electron chi connectivity index (χ3n) is 4.84. The molecule has 1 fully saturated rings. The van der Waals surface area contributed by atoms with Crippen LogP contribution in [0.2, 0.25) is 0 Å². The molecule has 0 saturated carbocycles. The number of hydrogen-bond donors (Lipinski definition) is 3. The number of sulfonamides is 1. The van der Waals surface area contributed by atoms with Gasteiger partial charge in [0.25, 0.3) is 5.91 Å². The summed E-state index contributed by atoms with van der Waals surface area (Å²) in [5.74, 6) is 0.0903. The first-order valence-electron chi connectivity index (χ1n) is 10.1. The molecular weight excluding hydrogens is 418 g/mol. The highest BCUT2D eigenvalue weighted by molar-refractivity contribution is 7.92. The summed E-state index contributed by atoms with van der Waals surface area (Å²) in [6, 6.07) is 8.16. The molecule has 2 heterocycles. The number of hydrogen-bond acceptors (Lipinski definition) is 6.